The van der Waals surface area contributed by atoms with Gasteiger partial charge in [-0.2, -0.15) is 0 Å². The molecule has 1 aliphatic heterocycles. The monoisotopic (exact) mass is 447 g/mol. The van der Waals surface area contributed by atoms with Crippen LogP contribution in [0.4, 0.5) is 0 Å². The Morgan fingerprint density at radius 3 is 2.61 bits per heavy atom. The molecule has 0 unspecified atom stereocenters. The van der Waals surface area contributed by atoms with E-state index < -0.39 is 0 Å². The molecule has 1 saturated heterocycles. The summed E-state index contributed by atoms with van der Waals surface area (Å²) < 4.78 is 0. The van der Waals surface area contributed by atoms with Crippen LogP contribution in [0.2, 0.25) is 0 Å². The fourth-order valence-corrected chi connectivity index (χ4v) is 4.42. The van der Waals surface area contributed by atoms with E-state index in [1.165, 1.54) is 33.2 Å². The number of aromatic nitrogens is 1. The SMILES string of the molecule is CCNC(=NCc1ccc(CN2CCC(O)CC2)cc1)NCCc1c[nH]c2cc(C)ccc12. The number of nitrogens with one attached hydrogen (secondary N) is 3. The zero-order valence-electron chi connectivity index (χ0n) is 19.9. The standard InChI is InChI=1S/C27H37N5O/c1-3-28-27(29-13-10-23-18-30-26-16-20(2)4-9-25(23)26)31-17-21-5-7-22(8-6-21)19-32-14-11-24(33)12-15-32/h4-9,16,18,24,30,33H,3,10-15,17,19H2,1-2H3,(H2,28,29,31). The van der Waals surface area contributed by atoms with Crippen molar-refractivity contribution < 1.29 is 5.11 Å². The van der Waals surface area contributed by atoms with Crippen LogP contribution in [0.25, 0.3) is 10.9 Å². The molecule has 0 spiro atoms. The van der Waals surface area contributed by atoms with Gasteiger partial charge >= 0.3 is 0 Å². The normalized spacial score (nSPS) is 15.8. The average Bonchev–Trinajstić information content (AvgIpc) is 3.22. The number of benzene rings is 2. The topological polar surface area (TPSA) is 75.7 Å². The number of nitrogens with zero attached hydrogens (tertiary/aromatic N) is 2. The van der Waals surface area contributed by atoms with Gasteiger partial charge in [0, 0.05) is 49.8 Å². The van der Waals surface area contributed by atoms with Crippen molar-refractivity contribution in [2.24, 2.45) is 4.99 Å². The van der Waals surface area contributed by atoms with Crippen molar-refractivity contribution in [3.63, 3.8) is 0 Å². The van der Waals surface area contributed by atoms with Crippen LogP contribution in [-0.4, -0.2) is 53.2 Å². The van der Waals surface area contributed by atoms with Gasteiger partial charge in [0.1, 0.15) is 0 Å². The Morgan fingerprint density at radius 2 is 1.85 bits per heavy atom. The summed E-state index contributed by atoms with van der Waals surface area (Å²) in [6.07, 6.45) is 4.70. The number of guanidine groups is 1. The fraction of sp³-hybridized carbons (Fsp3) is 0.444. The third-order valence-electron chi connectivity index (χ3n) is 6.36. The van der Waals surface area contributed by atoms with Gasteiger partial charge in [-0.25, -0.2) is 4.99 Å². The fourth-order valence-electron chi connectivity index (χ4n) is 4.42. The molecule has 0 aliphatic carbocycles. The number of aromatic amines is 1. The molecule has 0 radical (unpaired) electrons. The Morgan fingerprint density at radius 1 is 1.09 bits per heavy atom. The molecule has 0 amide bonds. The van der Waals surface area contributed by atoms with Crippen molar-refractivity contribution in [2.45, 2.75) is 52.3 Å². The molecule has 2 aromatic carbocycles. The number of likely N-dealkylation sites (tertiary alicyclic amines) is 1. The second-order valence-electron chi connectivity index (χ2n) is 9.06. The van der Waals surface area contributed by atoms with Crippen molar-refractivity contribution in [2.75, 3.05) is 26.2 Å². The van der Waals surface area contributed by atoms with E-state index in [4.69, 9.17) is 4.99 Å². The van der Waals surface area contributed by atoms with E-state index in [0.717, 1.165) is 57.9 Å². The lowest BCUT2D eigenvalue weighted by Crippen LogP contribution is -2.38. The Labute approximate surface area is 197 Å². The van der Waals surface area contributed by atoms with Crippen LogP contribution < -0.4 is 10.6 Å². The minimum Gasteiger partial charge on any atom is -0.393 e. The number of fused-ring (bicyclic) bond motifs is 1. The van der Waals surface area contributed by atoms with E-state index >= 15 is 0 Å². The molecule has 33 heavy (non-hydrogen) atoms. The predicted molar refractivity (Wildman–Crippen MR) is 137 cm³/mol. The highest BCUT2D eigenvalue weighted by Gasteiger charge is 2.16. The number of piperidine rings is 1. The maximum Gasteiger partial charge on any atom is 0.191 e. The van der Waals surface area contributed by atoms with Crippen molar-refractivity contribution in [3.05, 3.63) is 70.9 Å². The van der Waals surface area contributed by atoms with Crippen LogP contribution in [0.5, 0.6) is 0 Å². The van der Waals surface area contributed by atoms with E-state index in [0.29, 0.717) is 6.54 Å². The van der Waals surface area contributed by atoms with E-state index in [-0.39, 0.29) is 6.10 Å². The third-order valence-corrected chi connectivity index (χ3v) is 6.36. The van der Waals surface area contributed by atoms with Gasteiger partial charge in [-0.3, -0.25) is 4.90 Å². The van der Waals surface area contributed by atoms with Gasteiger partial charge < -0.3 is 20.7 Å². The van der Waals surface area contributed by atoms with Crippen molar-refractivity contribution in [1.29, 1.82) is 0 Å². The first-order chi connectivity index (χ1) is 16.1. The number of aryl methyl sites for hydroxylation is 1. The molecule has 0 atom stereocenters. The van der Waals surface area contributed by atoms with E-state index in [1.54, 1.807) is 0 Å². The number of hydrogen-bond acceptors (Lipinski definition) is 3. The van der Waals surface area contributed by atoms with Crippen LogP contribution in [0.3, 0.4) is 0 Å². The van der Waals surface area contributed by atoms with Gasteiger partial charge in [0.25, 0.3) is 0 Å². The summed E-state index contributed by atoms with van der Waals surface area (Å²) in [7, 11) is 0. The highest BCUT2D eigenvalue weighted by molar-refractivity contribution is 5.84. The third kappa shape index (κ3) is 6.59. The molecule has 1 aliphatic rings. The number of aliphatic hydroxyl groups is 1. The summed E-state index contributed by atoms with van der Waals surface area (Å²) in [5.74, 6) is 0.851. The zero-order valence-corrected chi connectivity index (χ0v) is 19.9. The number of H-pyrrole nitrogens is 1. The second-order valence-corrected chi connectivity index (χ2v) is 9.06. The molecule has 6 heteroatoms. The molecule has 6 nitrogen and oxygen atoms in total. The Kier molecular flexibility index (Phi) is 8.02. The molecule has 4 N–H and O–H groups in total. The molecule has 2 heterocycles. The van der Waals surface area contributed by atoms with Crippen molar-refractivity contribution in [3.8, 4) is 0 Å². The van der Waals surface area contributed by atoms with Crippen LogP contribution in [0.15, 0.2) is 53.7 Å². The van der Waals surface area contributed by atoms with E-state index in [9.17, 15) is 5.11 Å². The first kappa shape index (κ1) is 23.3. The smallest absolute Gasteiger partial charge is 0.191 e. The van der Waals surface area contributed by atoms with Crippen molar-refractivity contribution in [1.82, 2.24) is 20.5 Å². The van der Waals surface area contributed by atoms with Crippen LogP contribution in [-0.2, 0) is 19.5 Å². The minimum atomic E-state index is -0.118. The quantitative estimate of drug-likeness (QED) is 0.314. The molecular formula is C27H37N5O. The van der Waals surface area contributed by atoms with Gasteiger partial charge in [-0.1, -0.05) is 36.4 Å². The Bertz CT molecular complexity index is 1050. The lowest BCUT2D eigenvalue weighted by molar-refractivity contribution is 0.0792. The van der Waals surface area contributed by atoms with E-state index in [1.807, 2.05) is 0 Å². The largest absolute Gasteiger partial charge is 0.393 e. The summed E-state index contributed by atoms with van der Waals surface area (Å²) in [5, 5.41) is 17.8. The molecule has 0 bridgehead atoms. The van der Waals surface area contributed by atoms with Gasteiger partial charge in [0.15, 0.2) is 5.96 Å². The summed E-state index contributed by atoms with van der Waals surface area (Å²) in [6, 6.07) is 15.3. The number of rotatable bonds is 8. The summed E-state index contributed by atoms with van der Waals surface area (Å²) >= 11 is 0. The van der Waals surface area contributed by atoms with Gasteiger partial charge in [-0.15, -0.1) is 0 Å². The minimum absolute atomic E-state index is 0.118. The lowest BCUT2D eigenvalue weighted by Gasteiger charge is -2.29. The highest BCUT2D eigenvalue weighted by atomic mass is 16.3. The predicted octanol–water partition coefficient (Wildman–Crippen LogP) is 3.73. The molecule has 3 aromatic rings. The molecule has 1 fully saturated rings. The van der Waals surface area contributed by atoms with Crippen LogP contribution in [0, 0.1) is 6.92 Å². The van der Waals surface area contributed by atoms with Crippen molar-refractivity contribution >= 4 is 16.9 Å². The molecular weight excluding hydrogens is 410 g/mol. The number of hydrogen-bond donors (Lipinski definition) is 4. The van der Waals surface area contributed by atoms with E-state index in [2.05, 4.69) is 83.0 Å². The second kappa shape index (κ2) is 11.3. The molecule has 4 rings (SSSR count). The first-order valence-corrected chi connectivity index (χ1v) is 12.2. The number of aliphatic imine (C=N–C) groups is 1. The summed E-state index contributed by atoms with van der Waals surface area (Å²) in [4.78, 5) is 10.6. The Hall–Kier alpha value is -2.83. The van der Waals surface area contributed by atoms with Gasteiger partial charge in [-0.05, 0) is 61.4 Å². The Balaban J connectivity index is 1.28. The highest BCUT2D eigenvalue weighted by Crippen LogP contribution is 2.19. The summed E-state index contributed by atoms with van der Waals surface area (Å²) in [5.41, 5.74) is 6.32. The first-order valence-electron chi connectivity index (χ1n) is 12.2. The lowest BCUT2D eigenvalue weighted by atomic mass is 10.1. The van der Waals surface area contributed by atoms with Crippen LogP contribution in [0.1, 0.15) is 42.0 Å². The van der Waals surface area contributed by atoms with Gasteiger partial charge in [0.2, 0.25) is 0 Å². The maximum atomic E-state index is 9.67. The zero-order chi connectivity index (χ0) is 23.0. The van der Waals surface area contributed by atoms with Crippen LogP contribution >= 0.6 is 0 Å². The molecule has 1 aromatic heterocycles. The average molecular weight is 448 g/mol. The molecule has 176 valence electrons. The van der Waals surface area contributed by atoms with Gasteiger partial charge in [0.05, 0.1) is 12.6 Å². The number of aliphatic hydroxyl groups excluding tert-OH is 1. The summed E-state index contributed by atoms with van der Waals surface area (Å²) in [6.45, 7) is 9.43. The molecule has 0 saturated carbocycles. The maximum absolute atomic E-state index is 9.67.